The van der Waals surface area contributed by atoms with E-state index in [1.165, 1.54) is 122 Å². The molecule has 2 aliphatic rings. The topological polar surface area (TPSA) is 32.8 Å². The highest BCUT2D eigenvalue weighted by atomic mass is 16.3. The number of benzene rings is 22. The third-order valence-electron chi connectivity index (χ3n) is 27.9. The molecule has 0 saturated heterocycles. The Bertz CT molecular complexity index is 8500. The number of hydrogen-bond acceptors (Lipinski definition) is 4. The van der Waals surface area contributed by atoms with E-state index in [0.717, 1.165) is 111 Å². The summed E-state index contributed by atoms with van der Waals surface area (Å²) in [5, 5.41) is 9.46. The van der Waals surface area contributed by atoms with Gasteiger partial charge in [0.15, 0.2) is 0 Å². The van der Waals surface area contributed by atoms with E-state index in [1.807, 2.05) is 12.1 Å². The molecule has 26 rings (SSSR count). The molecule has 134 heavy (non-hydrogen) atoms. The zero-order valence-electron chi connectivity index (χ0n) is 73.4. The average molecular weight is 1710 g/mol. The van der Waals surface area contributed by atoms with Gasteiger partial charge in [0, 0.05) is 55.2 Å². The second-order valence-electron chi connectivity index (χ2n) is 35.1. The van der Waals surface area contributed by atoms with Gasteiger partial charge in [-0.15, -0.1) is 0 Å². The minimum atomic E-state index is -0.543. The largest absolute Gasteiger partial charge is 0.456 e. The summed E-state index contributed by atoms with van der Waals surface area (Å²) in [6.07, 6.45) is 0. The number of nitrogens with zero attached hydrogens (tertiary/aromatic N) is 2. The number of hydrogen-bond donors (Lipinski definition) is 0. The molecule has 2 heterocycles. The van der Waals surface area contributed by atoms with Crippen LogP contribution in [-0.4, -0.2) is 0 Å². The van der Waals surface area contributed by atoms with Gasteiger partial charge in [0.05, 0.1) is 33.6 Å². The van der Waals surface area contributed by atoms with Crippen molar-refractivity contribution in [3.8, 4) is 89.0 Å². The molecule has 22 aromatic carbocycles. The van der Waals surface area contributed by atoms with Crippen molar-refractivity contribution in [1.82, 2.24) is 0 Å². The third kappa shape index (κ3) is 13.0. The molecule has 0 spiro atoms. The normalized spacial score (nSPS) is 12.6. The molecule has 2 aromatic heterocycles. The van der Waals surface area contributed by atoms with Gasteiger partial charge in [-0.1, -0.05) is 443 Å². The molecule has 628 valence electrons. The summed E-state index contributed by atoms with van der Waals surface area (Å²) in [7, 11) is 0. The molecule has 0 amide bonds. The van der Waals surface area contributed by atoms with Crippen molar-refractivity contribution in [2.75, 3.05) is 9.80 Å². The highest BCUT2D eigenvalue weighted by molar-refractivity contribution is 6.16. The lowest BCUT2D eigenvalue weighted by molar-refractivity contribution is 0.668. The van der Waals surface area contributed by atoms with Gasteiger partial charge >= 0.3 is 0 Å². The van der Waals surface area contributed by atoms with Crippen LogP contribution in [0, 0.1) is 0 Å². The number of anilines is 6. The maximum absolute atomic E-state index is 6.48. The lowest BCUT2D eigenvalue weighted by Crippen LogP contribution is -2.28. The van der Waals surface area contributed by atoms with Crippen LogP contribution in [0.25, 0.3) is 154 Å². The Morgan fingerprint density at radius 2 is 0.455 bits per heavy atom. The maximum atomic E-state index is 6.48. The van der Waals surface area contributed by atoms with Gasteiger partial charge in [-0.2, -0.15) is 0 Å². The summed E-state index contributed by atoms with van der Waals surface area (Å²) < 4.78 is 13.0. The lowest BCUT2D eigenvalue weighted by atomic mass is 9.68. The van der Waals surface area contributed by atoms with Crippen molar-refractivity contribution >= 4 is 99.5 Å². The van der Waals surface area contributed by atoms with Crippen molar-refractivity contribution < 1.29 is 8.83 Å². The summed E-state index contributed by atoms with van der Waals surface area (Å²) in [5.74, 6) is 0. The molecule has 2 aliphatic carbocycles. The van der Waals surface area contributed by atoms with Crippen LogP contribution in [0.3, 0.4) is 0 Å². The van der Waals surface area contributed by atoms with Crippen molar-refractivity contribution in [1.29, 1.82) is 0 Å². The molecule has 4 heteroatoms. The molecule has 0 saturated carbocycles. The van der Waals surface area contributed by atoms with Crippen LogP contribution in [0.4, 0.5) is 34.1 Å². The smallest absolute Gasteiger partial charge is 0.136 e. The van der Waals surface area contributed by atoms with Gasteiger partial charge in [0.1, 0.15) is 22.3 Å². The minimum Gasteiger partial charge on any atom is -0.456 e. The van der Waals surface area contributed by atoms with E-state index in [9.17, 15) is 0 Å². The second-order valence-corrected chi connectivity index (χ2v) is 35.1. The quantitative estimate of drug-likeness (QED) is 0.0965. The first-order valence-corrected chi connectivity index (χ1v) is 46.2. The first-order valence-electron chi connectivity index (χ1n) is 46.2. The molecule has 0 N–H and O–H groups in total. The summed E-state index contributed by atoms with van der Waals surface area (Å²) in [4.78, 5) is 4.98. The Balaban J connectivity index is 0.000000143. The maximum Gasteiger partial charge on any atom is 0.136 e. The number of rotatable bonds is 16. The van der Waals surface area contributed by atoms with Crippen molar-refractivity contribution in [3.63, 3.8) is 0 Å². The zero-order valence-corrected chi connectivity index (χ0v) is 73.4. The van der Waals surface area contributed by atoms with Crippen LogP contribution in [0.5, 0.6) is 0 Å². The van der Waals surface area contributed by atoms with Gasteiger partial charge in [0.25, 0.3) is 0 Å². The fraction of sp³-hybridized carbons (Fsp3) is 0.0154. The van der Waals surface area contributed by atoms with Gasteiger partial charge < -0.3 is 18.6 Å². The van der Waals surface area contributed by atoms with Crippen LogP contribution in [-0.2, 0) is 10.8 Å². The van der Waals surface area contributed by atoms with Crippen LogP contribution >= 0.6 is 0 Å². The highest BCUT2D eigenvalue weighted by Crippen LogP contribution is 2.63. The van der Waals surface area contributed by atoms with E-state index in [2.05, 4.69) is 519 Å². The molecule has 24 aromatic rings. The van der Waals surface area contributed by atoms with E-state index in [-0.39, 0.29) is 0 Å². The first-order chi connectivity index (χ1) is 66.5. The second kappa shape index (κ2) is 32.9. The molecule has 0 fully saturated rings. The van der Waals surface area contributed by atoms with Gasteiger partial charge in [-0.25, -0.2) is 0 Å². The van der Waals surface area contributed by atoms with Crippen LogP contribution in [0.15, 0.2) is 531 Å². The molecule has 0 unspecified atom stereocenters. The Morgan fingerprint density at radius 3 is 0.910 bits per heavy atom. The molecular weight excluding hydrogens is 1620 g/mol. The van der Waals surface area contributed by atoms with Crippen LogP contribution < -0.4 is 9.80 Å². The molecule has 4 nitrogen and oxygen atoms in total. The summed E-state index contributed by atoms with van der Waals surface area (Å²) in [6.45, 7) is 0. The molecule has 0 bridgehead atoms. The SMILES string of the molecule is c1ccc(C2(c3ccccc3)c3ccccc3-c3c(N(c4ccc(-c5ccc(-c6ccc7ccccc7c6)cc5)cc4)c4ccccc4-c4cccc5oc6ccccc6c45)cccc32)cc1.c1ccc(C2(c3ccccc3)c3ccccc3-c3c(N(c4ccc(-c5ccc(-c6cccc7ccccc67)cc5)cc4)c4ccccc4-c4cccc5oc6ccccc6c45)cccc32)cc1. The van der Waals surface area contributed by atoms with Gasteiger partial charge in [-0.3, -0.25) is 0 Å². The molecule has 0 radical (unpaired) electrons. The van der Waals surface area contributed by atoms with Crippen LogP contribution in [0.1, 0.15) is 44.5 Å². The Morgan fingerprint density at radius 1 is 0.164 bits per heavy atom. The fourth-order valence-electron chi connectivity index (χ4n) is 22.1. The number of fused-ring (bicyclic) bond motifs is 14. The lowest BCUT2D eigenvalue weighted by Gasteiger charge is -2.34. The van der Waals surface area contributed by atoms with Crippen LogP contribution in [0.2, 0.25) is 0 Å². The van der Waals surface area contributed by atoms with E-state index in [1.54, 1.807) is 0 Å². The zero-order chi connectivity index (χ0) is 88.6. The summed E-state index contributed by atoms with van der Waals surface area (Å²) in [5.41, 5.74) is 37.9. The Kier molecular flexibility index (Phi) is 19.4. The standard InChI is InChI=1S/2C65H43NO/c1-3-20-48(21-4-1)65(49-22-5-2-6-23-49)57-30-12-9-26-55(57)64-58(65)31-17-33-60(64)66(59-32-13-10-25-53(59)54-29-16-35-62-63(54)56-27-11-14-34-61(56)67-62)50-42-40-45(41-43-50)44-36-38-47(39-37-44)52-28-15-19-46-18-7-8-24-51(46)52;1-3-19-50(20-4-1)65(51-21-5-2-6-22-51)57-27-12-9-24-55(57)64-58(65)28-16-30-60(64)66(59-29-13-10-23-53(59)54-26-15-32-62-63(54)56-25-11-14-31-61(56)67-62)52-41-39-46(40-42-52)45-33-35-47(36-34-45)49-38-37-44-17-7-8-18-48(44)43-49/h2*1-43H. The first kappa shape index (κ1) is 78.8. The van der Waals surface area contributed by atoms with E-state index < -0.39 is 10.8 Å². The van der Waals surface area contributed by atoms with Gasteiger partial charge in [-0.05, 0) is 212 Å². The van der Waals surface area contributed by atoms with E-state index in [4.69, 9.17) is 8.83 Å². The summed E-state index contributed by atoms with van der Waals surface area (Å²) >= 11 is 0. The monoisotopic (exact) mass is 1710 g/mol. The Labute approximate surface area is 778 Å². The average Bonchev–Trinajstić information content (AvgIpc) is 1.53. The molecular formula is C130H86N2O2. The van der Waals surface area contributed by atoms with Crippen molar-refractivity contribution in [3.05, 3.63) is 566 Å². The fourth-order valence-corrected chi connectivity index (χ4v) is 22.1. The van der Waals surface area contributed by atoms with Crippen molar-refractivity contribution in [2.45, 2.75) is 10.8 Å². The molecule has 0 aliphatic heterocycles. The van der Waals surface area contributed by atoms with E-state index in [0.29, 0.717) is 0 Å². The van der Waals surface area contributed by atoms with Crippen molar-refractivity contribution in [2.24, 2.45) is 0 Å². The minimum absolute atomic E-state index is 0.542. The predicted octanol–water partition coefficient (Wildman–Crippen LogP) is 35.1. The third-order valence-corrected chi connectivity index (χ3v) is 27.9. The number of furan rings is 2. The van der Waals surface area contributed by atoms with E-state index >= 15 is 0 Å². The predicted molar refractivity (Wildman–Crippen MR) is 559 cm³/mol. The highest BCUT2D eigenvalue weighted by Gasteiger charge is 2.49. The number of para-hydroxylation sites is 4. The van der Waals surface area contributed by atoms with Gasteiger partial charge in [0.2, 0.25) is 0 Å². The molecule has 0 atom stereocenters. The summed E-state index contributed by atoms with van der Waals surface area (Å²) in [6, 6.07) is 190. The Hall–Kier alpha value is -17.4.